The van der Waals surface area contributed by atoms with Crippen molar-refractivity contribution in [3.8, 4) is 0 Å². The second kappa shape index (κ2) is 3.32. The fourth-order valence-electron chi connectivity index (χ4n) is 1.14. The molecule has 0 amide bonds. The predicted octanol–water partition coefficient (Wildman–Crippen LogP) is 0.884. The molecule has 5 heteroatoms. The molecule has 0 atom stereocenters. The van der Waals surface area contributed by atoms with Crippen LogP contribution in [0.2, 0.25) is 5.02 Å². The Morgan fingerprint density at radius 2 is 2.38 bits per heavy atom. The van der Waals surface area contributed by atoms with Crippen LogP contribution in [-0.4, -0.2) is 21.1 Å². The molecule has 0 saturated carbocycles. The summed E-state index contributed by atoms with van der Waals surface area (Å²) >= 11 is 5.80. The Hall–Kier alpha value is -1.13. The molecule has 2 heterocycles. The molecule has 2 rings (SSSR count). The lowest BCUT2D eigenvalue weighted by atomic mass is 10.4. The normalized spacial score (nSPS) is 10.9. The Bertz CT molecular complexity index is 423. The van der Waals surface area contributed by atoms with Crippen LogP contribution in [-0.2, 0) is 6.42 Å². The Morgan fingerprint density at radius 1 is 1.54 bits per heavy atom. The largest absolute Gasteiger partial charge is 0.330 e. The van der Waals surface area contributed by atoms with Crippen molar-refractivity contribution in [1.82, 2.24) is 14.6 Å². The van der Waals surface area contributed by atoms with E-state index >= 15 is 0 Å². The molecule has 4 nitrogen and oxygen atoms in total. The van der Waals surface area contributed by atoms with Gasteiger partial charge in [-0.05, 0) is 12.6 Å². The van der Waals surface area contributed by atoms with Gasteiger partial charge in [-0.2, -0.15) is 5.10 Å². The van der Waals surface area contributed by atoms with E-state index in [9.17, 15) is 0 Å². The van der Waals surface area contributed by atoms with Gasteiger partial charge in [0.05, 0.1) is 0 Å². The van der Waals surface area contributed by atoms with Crippen LogP contribution in [0.5, 0.6) is 0 Å². The summed E-state index contributed by atoms with van der Waals surface area (Å²) in [5.41, 5.74) is 6.16. The quantitative estimate of drug-likeness (QED) is 0.776. The standard InChI is InChI=1S/C8H9ClN4/c9-6-2-4-13-8(5-6)11-7(12-13)1-3-10/h2,4-5H,1,3,10H2. The second-order valence-corrected chi connectivity index (χ2v) is 3.15. The number of hydrogen-bond acceptors (Lipinski definition) is 3. The third-order valence-corrected chi connectivity index (χ3v) is 1.95. The van der Waals surface area contributed by atoms with Crippen molar-refractivity contribution in [3.63, 3.8) is 0 Å². The van der Waals surface area contributed by atoms with Crippen LogP contribution < -0.4 is 5.73 Å². The minimum atomic E-state index is 0.560. The zero-order valence-electron chi connectivity index (χ0n) is 6.94. The van der Waals surface area contributed by atoms with Crippen molar-refractivity contribution in [3.05, 3.63) is 29.2 Å². The lowest BCUT2D eigenvalue weighted by molar-refractivity contribution is 0.844. The van der Waals surface area contributed by atoms with Crippen molar-refractivity contribution < 1.29 is 0 Å². The third-order valence-electron chi connectivity index (χ3n) is 1.71. The van der Waals surface area contributed by atoms with Gasteiger partial charge in [0.2, 0.25) is 0 Å². The summed E-state index contributed by atoms with van der Waals surface area (Å²) in [6.45, 7) is 0.560. The highest BCUT2D eigenvalue weighted by Gasteiger charge is 2.01. The monoisotopic (exact) mass is 196 g/mol. The van der Waals surface area contributed by atoms with Gasteiger partial charge >= 0.3 is 0 Å². The smallest absolute Gasteiger partial charge is 0.157 e. The van der Waals surface area contributed by atoms with Gasteiger partial charge < -0.3 is 5.73 Å². The van der Waals surface area contributed by atoms with E-state index in [0.717, 1.165) is 11.5 Å². The molecule has 0 unspecified atom stereocenters. The van der Waals surface area contributed by atoms with Crippen LogP contribution in [0, 0.1) is 0 Å². The Kier molecular flexibility index (Phi) is 2.16. The van der Waals surface area contributed by atoms with Crippen molar-refractivity contribution in [2.75, 3.05) is 6.54 Å². The Labute approximate surface area is 80.3 Å². The van der Waals surface area contributed by atoms with Crippen LogP contribution in [0.1, 0.15) is 5.82 Å². The lowest BCUT2D eigenvalue weighted by Crippen LogP contribution is -2.04. The molecule has 2 N–H and O–H groups in total. The van der Waals surface area contributed by atoms with E-state index in [1.54, 1.807) is 22.8 Å². The maximum Gasteiger partial charge on any atom is 0.157 e. The molecular formula is C8H9ClN4. The van der Waals surface area contributed by atoms with Gasteiger partial charge in [0.25, 0.3) is 0 Å². The molecule has 0 fully saturated rings. The van der Waals surface area contributed by atoms with E-state index in [2.05, 4.69) is 10.1 Å². The molecule has 0 aliphatic carbocycles. The first kappa shape index (κ1) is 8.47. The fourth-order valence-corrected chi connectivity index (χ4v) is 1.29. The molecule has 68 valence electrons. The number of nitrogens with two attached hydrogens (primary N) is 1. The molecule has 2 aromatic rings. The third kappa shape index (κ3) is 1.64. The zero-order chi connectivity index (χ0) is 9.26. The zero-order valence-corrected chi connectivity index (χ0v) is 7.70. The summed E-state index contributed by atoms with van der Waals surface area (Å²) in [6.07, 6.45) is 2.48. The minimum Gasteiger partial charge on any atom is -0.330 e. The van der Waals surface area contributed by atoms with Crippen LogP contribution in [0.4, 0.5) is 0 Å². The van der Waals surface area contributed by atoms with E-state index in [0.29, 0.717) is 18.0 Å². The van der Waals surface area contributed by atoms with Gasteiger partial charge in [0.15, 0.2) is 11.5 Å². The van der Waals surface area contributed by atoms with Gasteiger partial charge in [-0.25, -0.2) is 9.50 Å². The van der Waals surface area contributed by atoms with Crippen molar-refractivity contribution in [1.29, 1.82) is 0 Å². The Morgan fingerprint density at radius 3 is 3.15 bits per heavy atom. The van der Waals surface area contributed by atoms with Crippen LogP contribution in [0.15, 0.2) is 18.3 Å². The molecule has 13 heavy (non-hydrogen) atoms. The van der Waals surface area contributed by atoms with Crippen LogP contribution in [0.3, 0.4) is 0 Å². The van der Waals surface area contributed by atoms with Crippen LogP contribution >= 0.6 is 11.6 Å². The minimum absolute atomic E-state index is 0.560. The molecule has 0 aliphatic heterocycles. The molecule has 0 spiro atoms. The number of hydrogen-bond donors (Lipinski definition) is 1. The summed E-state index contributed by atoms with van der Waals surface area (Å²) in [5, 5.41) is 4.88. The predicted molar refractivity (Wildman–Crippen MR) is 50.8 cm³/mol. The molecule has 0 aromatic carbocycles. The molecule has 2 aromatic heterocycles. The summed E-state index contributed by atoms with van der Waals surface area (Å²) in [6, 6.07) is 3.55. The number of pyridine rings is 1. The molecule has 0 saturated heterocycles. The van der Waals surface area contributed by atoms with Gasteiger partial charge in [0, 0.05) is 23.7 Å². The lowest BCUT2D eigenvalue weighted by Gasteiger charge is -1.89. The van der Waals surface area contributed by atoms with E-state index in [-0.39, 0.29) is 0 Å². The molecular weight excluding hydrogens is 188 g/mol. The first-order valence-electron chi connectivity index (χ1n) is 4.00. The topological polar surface area (TPSA) is 56.2 Å². The average Bonchev–Trinajstić information content (AvgIpc) is 2.46. The van der Waals surface area contributed by atoms with Crippen molar-refractivity contribution in [2.24, 2.45) is 5.73 Å². The maximum absolute atomic E-state index is 5.80. The highest BCUT2D eigenvalue weighted by Crippen LogP contribution is 2.10. The fraction of sp³-hybridized carbons (Fsp3) is 0.250. The molecule has 0 bridgehead atoms. The number of fused-ring (bicyclic) bond motifs is 1. The second-order valence-electron chi connectivity index (χ2n) is 2.71. The van der Waals surface area contributed by atoms with Gasteiger partial charge in [0.1, 0.15) is 0 Å². The average molecular weight is 197 g/mol. The Balaban J connectivity index is 2.49. The van der Waals surface area contributed by atoms with Crippen LogP contribution in [0.25, 0.3) is 5.65 Å². The summed E-state index contributed by atoms with van der Waals surface area (Å²) in [7, 11) is 0. The molecule has 0 radical (unpaired) electrons. The SMILES string of the molecule is NCCc1nc2cc(Cl)ccn2n1. The van der Waals surface area contributed by atoms with E-state index in [1.807, 2.05) is 0 Å². The van der Waals surface area contributed by atoms with Gasteiger partial charge in [-0.1, -0.05) is 11.6 Å². The number of halogens is 1. The van der Waals surface area contributed by atoms with E-state index < -0.39 is 0 Å². The van der Waals surface area contributed by atoms with E-state index in [4.69, 9.17) is 17.3 Å². The van der Waals surface area contributed by atoms with Gasteiger partial charge in [-0.15, -0.1) is 0 Å². The summed E-state index contributed by atoms with van der Waals surface area (Å²) in [4.78, 5) is 4.25. The highest BCUT2D eigenvalue weighted by molar-refractivity contribution is 6.30. The summed E-state index contributed by atoms with van der Waals surface area (Å²) < 4.78 is 1.69. The maximum atomic E-state index is 5.80. The molecule has 0 aliphatic rings. The summed E-state index contributed by atoms with van der Waals surface area (Å²) in [5.74, 6) is 0.754. The highest BCUT2D eigenvalue weighted by atomic mass is 35.5. The first-order chi connectivity index (χ1) is 6.29. The van der Waals surface area contributed by atoms with Gasteiger partial charge in [-0.3, -0.25) is 0 Å². The number of nitrogens with zero attached hydrogens (tertiary/aromatic N) is 3. The first-order valence-corrected chi connectivity index (χ1v) is 4.38. The van der Waals surface area contributed by atoms with E-state index in [1.165, 1.54) is 0 Å². The van der Waals surface area contributed by atoms with Crippen molar-refractivity contribution in [2.45, 2.75) is 6.42 Å². The number of rotatable bonds is 2. The van der Waals surface area contributed by atoms with Crippen molar-refractivity contribution >= 4 is 17.2 Å². The number of aromatic nitrogens is 3.